The number of nitrogens with one attached hydrogen (secondary N) is 1. The number of halogens is 1. The van der Waals surface area contributed by atoms with Gasteiger partial charge in [-0.3, -0.25) is 14.2 Å². The molecular weight excluding hydrogens is 358 g/mol. The SMILES string of the molecule is Cc1nn(C)c(C)c1OCC(=O)N[C@@H]1CC(Cn2cc(Cl)cn2)C[C@H]1O. The zero-order valence-corrected chi connectivity index (χ0v) is 15.9. The number of ether oxygens (including phenoxy) is 1. The minimum Gasteiger partial charge on any atom is -0.480 e. The first-order valence-electron chi connectivity index (χ1n) is 8.62. The van der Waals surface area contributed by atoms with Gasteiger partial charge in [-0.2, -0.15) is 10.2 Å². The van der Waals surface area contributed by atoms with E-state index in [4.69, 9.17) is 16.3 Å². The molecule has 3 atom stereocenters. The molecule has 0 aliphatic heterocycles. The van der Waals surface area contributed by atoms with E-state index < -0.39 is 6.10 Å². The third kappa shape index (κ3) is 4.19. The van der Waals surface area contributed by atoms with Crippen LogP contribution in [0, 0.1) is 19.8 Å². The second kappa shape index (κ2) is 7.67. The summed E-state index contributed by atoms with van der Waals surface area (Å²) in [6.07, 6.45) is 4.08. The van der Waals surface area contributed by atoms with Gasteiger partial charge in [0.25, 0.3) is 5.91 Å². The van der Waals surface area contributed by atoms with Gasteiger partial charge in [0.05, 0.1) is 29.1 Å². The molecule has 2 aromatic rings. The number of aryl methyl sites for hydroxylation is 2. The lowest BCUT2D eigenvalue weighted by Crippen LogP contribution is -2.42. The number of carbonyl (C=O) groups excluding carboxylic acids is 1. The fourth-order valence-corrected chi connectivity index (χ4v) is 3.63. The third-order valence-corrected chi connectivity index (χ3v) is 5.01. The van der Waals surface area contributed by atoms with Crippen LogP contribution in [-0.2, 0) is 18.4 Å². The number of hydrogen-bond acceptors (Lipinski definition) is 5. The van der Waals surface area contributed by atoms with Crippen LogP contribution < -0.4 is 10.1 Å². The topological polar surface area (TPSA) is 94.2 Å². The number of aliphatic hydroxyl groups is 1. The first-order valence-corrected chi connectivity index (χ1v) is 8.99. The average molecular weight is 382 g/mol. The highest BCUT2D eigenvalue weighted by atomic mass is 35.5. The van der Waals surface area contributed by atoms with Crippen molar-refractivity contribution in [3.8, 4) is 5.75 Å². The van der Waals surface area contributed by atoms with E-state index in [-0.39, 0.29) is 24.5 Å². The van der Waals surface area contributed by atoms with Gasteiger partial charge in [-0.25, -0.2) is 0 Å². The fraction of sp³-hybridized carbons (Fsp3) is 0.588. The van der Waals surface area contributed by atoms with E-state index in [2.05, 4.69) is 15.5 Å². The van der Waals surface area contributed by atoms with Crippen LogP contribution in [0.2, 0.25) is 5.02 Å². The number of aliphatic hydroxyl groups excluding tert-OH is 1. The van der Waals surface area contributed by atoms with E-state index in [1.807, 2.05) is 20.9 Å². The van der Waals surface area contributed by atoms with Crippen molar-refractivity contribution in [1.82, 2.24) is 24.9 Å². The monoisotopic (exact) mass is 381 g/mol. The molecule has 9 heteroatoms. The summed E-state index contributed by atoms with van der Waals surface area (Å²) in [5.41, 5.74) is 1.62. The summed E-state index contributed by atoms with van der Waals surface area (Å²) in [5.74, 6) is 0.609. The van der Waals surface area contributed by atoms with E-state index >= 15 is 0 Å². The number of nitrogens with zero attached hydrogens (tertiary/aromatic N) is 4. The molecule has 1 fully saturated rings. The summed E-state index contributed by atoms with van der Waals surface area (Å²) in [6, 6.07) is -0.279. The average Bonchev–Trinajstić information content (AvgIpc) is 3.19. The summed E-state index contributed by atoms with van der Waals surface area (Å²) in [7, 11) is 1.83. The number of hydrogen-bond donors (Lipinski definition) is 2. The van der Waals surface area contributed by atoms with Crippen molar-refractivity contribution in [2.45, 2.75) is 45.4 Å². The fourth-order valence-electron chi connectivity index (χ4n) is 3.47. The van der Waals surface area contributed by atoms with Crippen LogP contribution in [0.5, 0.6) is 5.75 Å². The largest absolute Gasteiger partial charge is 0.480 e. The molecule has 142 valence electrons. The Morgan fingerprint density at radius 3 is 2.85 bits per heavy atom. The first-order chi connectivity index (χ1) is 12.3. The molecule has 0 spiro atoms. The van der Waals surface area contributed by atoms with E-state index in [1.54, 1.807) is 21.8 Å². The van der Waals surface area contributed by atoms with Gasteiger partial charge >= 0.3 is 0 Å². The van der Waals surface area contributed by atoms with Crippen molar-refractivity contribution in [2.75, 3.05) is 6.61 Å². The summed E-state index contributed by atoms with van der Waals surface area (Å²) in [5, 5.41) is 22.1. The molecule has 0 saturated heterocycles. The number of rotatable bonds is 6. The van der Waals surface area contributed by atoms with Crippen LogP contribution >= 0.6 is 11.6 Å². The van der Waals surface area contributed by atoms with Gasteiger partial charge in [0.1, 0.15) is 5.69 Å². The second-order valence-electron chi connectivity index (χ2n) is 6.87. The lowest BCUT2D eigenvalue weighted by atomic mass is 10.1. The van der Waals surface area contributed by atoms with Gasteiger partial charge < -0.3 is 15.2 Å². The standard InChI is InChI=1S/C17H24ClN5O3/c1-10-17(11(2)22(3)21-10)26-9-16(25)20-14-4-12(5-15(14)24)7-23-8-13(18)6-19-23/h6,8,12,14-15,24H,4-5,7,9H2,1-3H3,(H,20,25)/t12?,14-,15-/m1/s1. The zero-order chi connectivity index (χ0) is 18.8. The van der Waals surface area contributed by atoms with Crippen molar-refractivity contribution in [3.05, 3.63) is 28.8 Å². The highest BCUT2D eigenvalue weighted by Gasteiger charge is 2.34. The van der Waals surface area contributed by atoms with Gasteiger partial charge in [0, 0.05) is 19.8 Å². The van der Waals surface area contributed by atoms with Crippen molar-refractivity contribution in [3.63, 3.8) is 0 Å². The number of amides is 1. The summed E-state index contributed by atoms with van der Waals surface area (Å²) in [4.78, 5) is 12.2. The Hall–Kier alpha value is -2.06. The zero-order valence-electron chi connectivity index (χ0n) is 15.1. The van der Waals surface area contributed by atoms with Gasteiger partial charge in [0.2, 0.25) is 0 Å². The van der Waals surface area contributed by atoms with Crippen LogP contribution in [0.3, 0.4) is 0 Å². The van der Waals surface area contributed by atoms with E-state index in [0.29, 0.717) is 30.2 Å². The van der Waals surface area contributed by atoms with Gasteiger partial charge in [-0.15, -0.1) is 0 Å². The smallest absolute Gasteiger partial charge is 0.258 e. The molecule has 2 heterocycles. The van der Waals surface area contributed by atoms with Crippen molar-refractivity contribution in [1.29, 1.82) is 0 Å². The van der Waals surface area contributed by atoms with E-state index in [0.717, 1.165) is 11.4 Å². The molecule has 0 bridgehead atoms. The van der Waals surface area contributed by atoms with Crippen molar-refractivity contribution < 1.29 is 14.6 Å². The second-order valence-corrected chi connectivity index (χ2v) is 7.31. The Bertz CT molecular complexity index is 787. The van der Waals surface area contributed by atoms with Crippen LogP contribution in [0.1, 0.15) is 24.2 Å². The lowest BCUT2D eigenvalue weighted by molar-refractivity contribution is -0.124. The molecule has 3 rings (SSSR count). The van der Waals surface area contributed by atoms with Crippen LogP contribution in [0.4, 0.5) is 0 Å². The lowest BCUT2D eigenvalue weighted by Gasteiger charge is -2.16. The van der Waals surface area contributed by atoms with E-state index in [1.165, 1.54) is 0 Å². The molecule has 1 aliphatic carbocycles. The predicted octanol–water partition coefficient (Wildman–Crippen LogP) is 1.22. The highest BCUT2D eigenvalue weighted by molar-refractivity contribution is 6.30. The predicted molar refractivity (Wildman–Crippen MR) is 96.1 cm³/mol. The summed E-state index contributed by atoms with van der Waals surface area (Å²) < 4.78 is 9.10. The molecule has 26 heavy (non-hydrogen) atoms. The molecule has 8 nitrogen and oxygen atoms in total. The number of carbonyl (C=O) groups is 1. The maximum Gasteiger partial charge on any atom is 0.258 e. The normalized spacial score (nSPS) is 22.6. The van der Waals surface area contributed by atoms with Gasteiger partial charge in [0.15, 0.2) is 12.4 Å². The van der Waals surface area contributed by atoms with Crippen LogP contribution in [0.25, 0.3) is 0 Å². The van der Waals surface area contributed by atoms with Crippen molar-refractivity contribution in [2.24, 2.45) is 13.0 Å². The summed E-state index contributed by atoms with van der Waals surface area (Å²) >= 11 is 5.87. The Morgan fingerprint density at radius 2 is 2.23 bits per heavy atom. The Morgan fingerprint density at radius 1 is 1.46 bits per heavy atom. The maximum absolute atomic E-state index is 12.2. The molecule has 1 unspecified atom stereocenters. The van der Waals surface area contributed by atoms with E-state index in [9.17, 15) is 9.90 Å². The molecule has 1 amide bonds. The Kier molecular flexibility index (Phi) is 5.52. The molecule has 0 radical (unpaired) electrons. The van der Waals surface area contributed by atoms with Gasteiger partial charge in [-0.1, -0.05) is 11.6 Å². The summed E-state index contributed by atoms with van der Waals surface area (Å²) in [6.45, 7) is 4.30. The Balaban J connectivity index is 1.49. The van der Waals surface area contributed by atoms with Crippen LogP contribution in [-0.4, -0.2) is 49.3 Å². The molecule has 2 aromatic heterocycles. The molecule has 0 aromatic carbocycles. The molecule has 2 N–H and O–H groups in total. The molecule has 1 saturated carbocycles. The molecule has 1 aliphatic rings. The maximum atomic E-state index is 12.2. The minimum absolute atomic E-state index is 0.101. The van der Waals surface area contributed by atoms with Gasteiger partial charge in [-0.05, 0) is 32.6 Å². The Labute approximate surface area is 157 Å². The number of aromatic nitrogens is 4. The molecular formula is C17H24ClN5O3. The minimum atomic E-state index is -0.572. The third-order valence-electron chi connectivity index (χ3n) is 4.81. The first kappa shape index (κ1) is 18.7. The van der Waals surface area contributed by atoms with Crippen LogP contribution in [0.15, 0.2) is 12.4 Å². The van der Waals surface area contributed by atoms with Crippen molar-refractivity contribution >= 4 is 17.5 Å². The highest BCUT2D eigenvalue weighted by Crippen LogP contribution is 2.28. The quantitative estimate of drug-likeness (QED) is 0.784.